The van der Waals surface area contributed by atoms with E-state index in [1.54, 1.807) is 16.7 Å². The second-order valence-electron chi connectivity index (χ2n) is 7.00. The normalized spacial score (nSPS) is 13.8. The molecule has 0 saturated carbocycles. The summed E-state index contributed by atoms with van der Waals surface area (Å²) in [5.41, 5.74) is 3.07. The fourth-order valence-corrected chi connectivity index (χ4v) is 4.55. The first-order chi connectivity index (χ1) is 13.5. The van der Waals surface area contributed by atoms with Gasteiger partial charge in [0, 0.05) is 23.0 Å². The zero-order chi connectivity index (χ0) is 19.7. The van der Waals surface area contributed by atoms with Crippen molar-refractivity contribution in [3.05, 3.63) is 87.8 Å². The number of rotatable bonds is 4. The van der Waals surface area contributed by atoms with Crippen LogP contribution in [0.1, 0.15) is 29.7 Å². The highest BCUT2D eigenvalue weighted by molar-refractivity contribution is 7.87. The van der Waals surface area contributed by atoms with E-state index in [1.165, 1.54) is 18.2 Å². The summed E-state index contributed by atoms with van der Waals surface area (Å²) >= 11 is 0. The SMILES string of the molecule is Cc1ccc(S(=O)(=O)Oc2cc(=O)n(-c3ccccc3)c3c2CCCC3)cc1. The van der Waals surface area contributed by atoms with E-state index in [1.807, 2.05) is 37.3 Å². The molecule has 0 N–H and O–H groups in total. The van der Waals surface area contributed by atoms with Gasteiger partial charge < -0.3 is 4.18 Å². The van der Waals surface area contributed by atoms with Crippen molar-refractivity contribution >= 4 is 10.1 Å². The molecule has 0 atom stereocenters. The van der Waals surface area contributed by atoms with E-state index >= 15 is 0 Å². The van der Waals surface area contributed by atoms with E-state index in [4.69, 9.17) is 4.18 Å². The van der Waals surface area contributed by atoms with Gasteiger partial charge in [-0.3, -0.25) is 9.36 Å². The summed E-state index contributed by atoms with van der Waals surface area (Å²) in [6.07, 6.45) is 3.27. The van der Waals surface area contributed by atoms with E-state index in [9.17, 15) is 13.2 Å². The molecule has 0 aliphatic heterocycles. The highest BCUT2D eigenvalue weighted by Gasteiger charge is 2.25. The summed E-state index contributed by atoms with van der Waals surface area (Å²) in [5.74, 6) is 0.146. The van der Waals surface area contributed by atoms with Crippen molar-refractivity contribution in [1.82, 2.24) is 4.57 Å². The lowest BCUT2D eigenvalue weighted by molar-refractivity contribution is 0.476. The van der Waals surface area contributed by atoms with Crippen LogP contribution in [-0.2, 0) is 23.0 Å². The molecule has 0 saturated heterocycles. The monoisotopic (exact) mass is 395 g/mol. The van der Waals surface area contributed by atoms with Crippen molar-refractivity contribution in [3.8, 4) is 11.4 Å². The first-order valence-electron chi connectivity index (χ1n) is 9.30. The molecule has 3 aromatic rings. The van der Waals surface area contributed by atoms with Gasteiger partial charge in [-0.2, -0.15) is 8.42 Å². The molecule has 1 aliphatic carbocycles. The van der Waals surface area contributed by atoms with Gasteiger partial charge in [-0.05, 0) is 56.9 Å². The van der Waals surface area contributed by atoms with Crippen molar-refractivity contribution in [2.24, 2.45) is 0 Å². The molecule has 0 spiro atoms. The fourth-order valence-electron chi connectivity index (χ4n) is 3.60. The Hall–Kier alpha value is -2.86. The van der Waals surface area contributed by atoms with Crippen LogP contribution in [0.4, 0.5) is 0 Å². The number of nitrogens with zero attached hydrogens (tertiary/aromatic N) is 1. The van der Waals surface area contributed by atoms with Crippen molar-refractivity contribution in [2.45, 2.75) is 37.5 Å². The molecule has 1 aliphatic rings. The molecule has 5 nitrogen and oxygen atoms in total. The van der Waals surface area contributed by atoms with Gasteiger partial charge in [0.2, 0.25) is 0 Å². The number of fused-ring (bicyclic) bond motifs is 1. The quantitative estimate of drug-likeness (QED) is 0.631. The average molecular weight is 395 g/mol. The Morgan fingerprint density at radius 2 is 1.61 bits per heavy atom. The first kappa shape index (κ1) is 18.5. The number of aromatic nitrogens is 1. The largest absolute Gasteiger partial charge is 0.378 e. The van der Waals surface area contributed by atoms with Crippen LogP contribution in [0.5, 0.6) is 5.75 Å². The van der Waals surface area contributed by atoms with Crippen LogP contribution < -0.4 is 9.74 Å². The molecule has 4 rings (SSSR count). The van der Waals surface area contributed by atoms with Gasteiger partial charge >= 0.3 is 10.1 Å². The second-order valence-corrected chi connectivity index (χ2v) is 8.55. The van der Waals surface area contributed by atoms with Crippen LogP contribution >= 0.6 is 0 Å². The first-order valence-corrected chi connectivity index (χ1v) is 10.7. The lowest BCUT2D eigenvalue weighted by atomic mass is 9.94. The van der Waals surface area contributed by atoms with Crippen LogP contribution in [0.3, 0.4) is 0 Å². The van der Waals surface area contributed by atoms with Gasteiger partial charge in [-0.1, -0.05) is 35.9 Å². The number of aryl methyl sites for hydroxylation is 1. The minimum absolute atomic E-state index is 0.0786. The summed E-state index contributed by atoms with van der Waals surface area (Å²) < 4.78 is 32.6. The molecule has 0 amide bonds. The molecule has 0 radical (unpaired) electrons. The summed E-state index contributed by atoms with van der Waals surface area (Å²) in [4.78, 5) is 12.9. The van der Waals surface area contributed by atoms with Gasteiger partial charge in [0.1, 0.15) is 4.90 Å². The topological polar surface area (TPSA) is 65.4 Å². The number of hydrogen-bond donors (Lipinski definition) is 0. The third-order valence-electron chi connectivity index (χ3n) is 5.00. The molecule has 0 bridgehead atoms. The minimum atomic E-state index is -4.01. The number of para-hydroxylation sites is 1. The zero-order valence-electron chi connectivity index (χ0n) is 15.6. The van der Waals surface area contributed by atoms with Crippen LogP contribution in [0.15, 0.2) is 70.4 Å². The Labute approximate surface area is 164 Å². The van der Waals surface area contributed by atoms with E-state index < -0.39 is 10.1 Å². The standard InChI is InChI=1S/C22H21NO4S/c1-16-11-13-18(14-12-16)28(25,26)27-21-15-22(24)23(17-7-3-2-4-8-17)20-10-6-5-9-19(20)21/h2-4,7-8,11-15H,5-6,9-10H2,1H3. The Balaban J connectivity index is 1.82. The molecule has 0 fully saturated rings. The Morgan fingerprint density at radius 3 is 2.32 bits per heavy atom. The Bertz CT molecular complexity index is 1160. The van der Waals surface area contributed by atoms with E-state index in [2.05, 4.69) is 0 Å². The summed E-state index contributed by atoms with van der Waals surface area (Å²) in [6, 6.07) is 17.2. The molecule has 0 unspecified atom stereocenters. The number of pyridine rings is 1. The van der Waals surface area contributed by atoms with E-state index in [-0.39, 0.29) is 16.2 Å². The van der Waals surface area contributed by atoms with Gasteiger partial charge in [0.15, 0.2) is 5.75 Å². The van der Waals surface area contributed by atoms with E-state index in [0.717, 1.165) is 35.3 Å². The van der Waals surface area contributed by atoms with Gasteiger partial charge in [-0.25, -0.2) is 0 Å². The number of benzene rings is 2. The highest BCUT2D eigenvalue weighted by atomic mass is 32.2. The van der Waals surface area contributed by atoms with Crippen LogP contribution in [-0.4, -0.2) is 13.0 Å². The second kappa shape index (κ2) is 7.28. The van der Waals surface area contributed by atoms with Crippen LogP contribution in [0.2, 0.25) is 0 Å². The lowest BCUT2D eigenvalue weighted by Gasteiger charge is -2.23. The molecule has 144 valence electrons. The molecule has 2 aromatic carbocycles. The summed E-state index contributed by atoms with van der Waals surface area (Å²) in [5, 5.41) is 0. The Kier molecular flexibility index (Phi) is 4.81. The summed E-state index contributed by atoms with van der Waals surface area (Å²) in [6.45, 7) is 1.89. The Morgan fingerprint density at radius 1 is 0.929 bits per heavy atom. The predicted octanol–water partition coefficient (Wildman–Crippen LogP) is 3.79. The maximum absolute atomic E-state index is 12.9. The third-order valence-corrected chi connectivity index (χ3v) is 6.25. The predicted molar refractivity (Wildman–Crippen MR) is 108 cm³/mol. The van der Waals surface area contributed by atoms with Crippen molar-refractivity contribution in [3.63, 3.8) is 0 Å². The van der Waals surface area contributed by atoms with Crippen molar-refractivity contribution in [1.29, 1.82) is 0 Å². The van der Waals surface area contributed by atoms with Crippen molar-refractivity contribution in [2.75, 3.05) is 0 Å². The highest BCUT2D eigenvalue weighted by Crippen LogP contribution is 2.31. The molecular formula is C22H21NO4S. The smallest absolute Gasteiger partial charge is 0.339 e. The molecule has 6 heteroatoms. The minimum Gasteiger partial charge on any atom is -0.378 e. The fraction of sp³-hybridized carbons (Fsp3) is 0.227. The van der Waals surface area contributed by atoms with Crippen LogP contribution in [0.25, 0.3) is 5.69 Å². The van der Waals surface area contributed by atoms with Crippen molar-refractivity contribution < 1.29 is 12.6 Å². The average Bonchev–Trinajstić information content (AvgIpc) is 2.69. The van der Waals surface area contributed by atoms with Gasteiger partial charge in [0.05, 0.1) is 0 Å². The van der Waals surface area contributed by atoms with Gasteiger partial charge in [-0.15, -0.1) is 0 Å². The van der Waals surface area contributed by atoms with Gasteiger partial charge in [0.25, 0.3) is 5.56 Å². The summed E-state index contributed by atoms with van der Waals surface area (Å²) in [7, 11) is -4.01. The van der Waals surface area contributed by atoms with Crippen LogP contribution in [0, 0.1) is 6.92 Å². The lowest BCUT2D eigenvalue weighted by Crippen LogP contribution is -2.26. The number of hydrogen-bond acceptors (Lipinski definition) is 4. The maximum atomic E-state index is 12.9. The van der Waals surface area contributed by atoms with E-state index in [0.29, 0.717) is 12.8 Å². The third kappa shape index (κ3) is 3.47. The molecule has 1 aromatic heterocycles. The maximum Gasteiger partial charge on any atom is 0.339 e. The zero-order valence-corrected chi connectivity index (χ0v) is 16.4. The molecule has 28 heavy (non-hydrogen) atoms. The molecule has 1 heterocycles. The molecular weight excluding hydrogens is 374 g/mol.